The first-order chi connectivity index (χ1) is 19.8. The zero-order valence-corrected chi connectivity index (χ0v) is 29.0. The number of aryl methyl sites for hydroxylation is 1. The minimum atomic E-state index is -0.115. The maximum Gasteiger partial charge on any atom is 0.255 e. The fourth-order valence-electron chi connectivity index (χ4n) is 5.16. The molecule has 1 N–H and O–H groups in total. The quantitative estimate of drug-likeness (QED) is 0.118. The highest BCUT2D eigenvalue weighted by Gasteiger charge is 2.21. The lowest BCUT2D eigenvalue weighted by Crippen LogP contribution is -3.00. The van der Waals surface area contributed by atoms with Crippen molar-refractivity contribution in [2.45, 2.75) is 124 Å². The lowest BCUT2D eigenvalue weighted by atomic mass is 9.85. The summed E-state index contributed by atoms with van der Waals surface area (Å²) < 4.78 is 8.47. The molecule has 0 aliphatic heterocycles. The van der Waals surface area contributed by atoms with Gasteiger partial charge in [-0.25, -0.2) is 0 Å². The third-order valence-electron chi connectivity index (χ3n) is 7.61. The van der Waals surface area contributed by atoms with E-state index < -0.39 is 0 Å². The number of nitrogens with zero attached hydrogens (tertiary/aromatic N) is 1. The van der Waals surface area contributed by atoms with Crippen LogP contribution in [0, 0.1) is 6.92 Å². The average molecular weight is 658 g/mol. The molecule has 1 amide bonds. The summed E-state index contributed by atoms with van der Waals surface area (Å²) in [6.07, 6.45) is 18.1. The number of carbonyl (C=O) groups excluding carboxylic acids is 1. The first kappa shape index (κ1) is 36.0. The van der Waals surface area contributed by atoms with Crippen molar-refractivity contribution in [3.63, 3.8) is 0 Å². The fraction of sp³-hybridized carbons (Fsp3) is 0.556. The number of aromatic nitrogens is 1. The van der Waals surface area contributed by atoms with E-state index in [1.165, 1.54) is 81.1 Å². The van der Waals surface area contributed by atoms with Gasteiger partial charge in [0.1, 0.15) is 5.75 Å². The molecule has 0 bridgehead atoms. The van der Waals surface area contributed by atoms with Gasteiger partial charge in [-0.3, -0.25) is 4.79 Å². The Labute approximate surface area is 270 Å². The number of anilines is 1. The zero-order chi connectivity index (χ0) is 29.5. The van der Waals surface area contributed by atoms with E-state index in [2.05, 4.69) is 74.4 Å². The minimum absolute atomic E-state index is 0. The standard InChI is InChI=1S/C36H52N2O2S.BrH/c1-6-7-8-9-10-11-12-13-14-15-16-17-24-40-34-25-31(20-23-33(34)36(3,4)5)35(39)37-32-21-18-30(19-22-32)27-38-26-29(2)41-28-38;/h18-23,25-26,28H,6-17,24,27H2,1-5H3;1H. The molecule has 0 radical (unpaired) electrons. The summed E-state index contributed by atoms with van der Waals surface area (Å²) in [5.41, 5.74) is 5.83. The lowest BCUT2D eigenvalue weighted by Gasteiger charge is -2.23. The van der Waals surface area contributed by atoms with E-state index in [0.29, 0.717) is 12.2 Å². The number of unbranched alkanes of at least 4 members (excludes halogenated alkanes) is 11. The molecule has 42 heavy (non-hydrogen) atoms. The molecule has 0 saturated heterocycles. The molecule has 0 spiro atoms. The molecule has 0 unspecified atom stereocenters. The summed E-state index contributed by atoms with van der Waals surface area (Å²) in [7, 11) is 0. The van der Waals surface area contributed by atoms with Gasteiger partial charge in [0.05, 0.1) is 11.5 Å². The van der Waals surface area contributed by atoms with E-state index in [4.69, 9.17) is 4.74 Å². The smallest absolute Gasteiger partial charge is 0.255 e. The van der Waals surface area contributed by atoms with Gasteiger partial charge >= 0.3 is 0 Å². The maximum absolute atomic E-state index is 13.1. The number of ether oxygens (including phenoxy) is 1. The Morgan fingerprint density at radius 2 is 1.45 bits per heavy atom. The largest absolute Gasteiger partial charge is 1.00 e. The Hall–Kier alpha value is -2.18. The Bertz CT molecular complexity index is 1180. The summed E-state index contributed by atoms with van der Waals surface area (Å²) in [6, 6.07) is 14.0. The van der Waals surface area contributed by atoms with Crippen molar-refractivity contribution >= 4 is 22.9 Å². The van der Waals surface area contributed by atoms with Gasteiger partial charge in [-0.2, -0.15) is 4.57 Å². The van der Waals surface area contributed by atoms with E-state index in [1.807, 2.05) is 24.3 Å². The van der Waals surface area contributed by atoms with Gasteiger partial charge in [-0.1, -0.05) is 128 Å². The number of halogens is 1. The van der Waals surface area contributed by atoms with E-state index in [0.717, 1.165) is 30.0 Å². The van der Waals surface area contributed by atoms with Crippen LogP contribution in [0.15, 0.2) is 54.2 Å². The summed E-state index contributed by atoms with van der Waals surface area (Å²) in [5, 5.41) is 3.06. The summed E-state index contributed by atoms with van der Waals surface area (Å²) in [6.45, 7) is 12.5. The van der Waals surface area contributed by atoms with Gasteiger partial charge in [0.2, 0.25) is 5.51 Å². The zero-order valence-electron chi connectivity index (χ0n) is 26.6. The molecule has 1 heterocycles. The molecule has 3 aromatic rings. The molecule has 1 aromatic heterocycles. The van der Waals surface area contributed by atoms with Crippen molar-refractivity contribution in [2.24, 2.45) is 0 Å². The predicted octanol–water partition coefficient (Wildman–Crippen LogP) is 7.03. The number of nitrogens with one attached hydrogen (secondary N) is 1. The normalized spacial score (nSPS) is 11.3. The second kappa shape index (κ2) is 19.2. The van der Waals surface area contributed by atoms with Gasteiger partial charge in [0.25, 0.3) is 5.91 Å². The highest BCUT2D eigenvalue weighted by Crippen LogP contribution is 2.32. The Balaban J connectivity index is 0.00000616. The Morgan fingerprint density at radius 3 is 2.00 bits per heavy atom. The minimum Gasteiger partial charge on any atom is -1.00 e. The third kappa shape index (κ3) is 13.0. The van der Waals surface area contributed by atoms with Gasteiger partial charge in [-0.05, 0) is 48.6 Å². The van der Waals surface area contributed by atoms with Crippen LogP contribution in [0.1, 0.15) is 131 Å². The van der Waals surface area contributed by atoms with Gasteiger partial charge in [-0.15, -0.1) is 0 Å². The SMILES string of the molecule is CCCCCCCCCCCCCCOc1cc(C(=O)Nc2ccc(C[n+]3csc(C)c3)cc2)ccc1C(C)(C)C.[Br-]. The van der Waals surface area contributed by atoms with Gasteiger partial charge < -0.3 is 27.0 Å². The average Bonchev–Trinajstić information content (AvgIpc) is 3.35. The van der Waals surface area contributed by atoms with Crippen molar-refractivity contribution in [1.82, 2.24) is 0 Å². The highest BCUT2D eigenvalue weighted by molar-refractivity contribution is 7.09. The number of thiazole rings is 1. The maximum atomic E-state index is 13.1. The molecule has 2 aromatic carbocycles. The molecular weight excluding hydrogens is 604 g/mol. The third-order valence-corrected chi connectivity index (χ3v) is 8.46. The first-order valence-electron chi connectivity index (χ1n) is 15.9. The van der Waals surface area contributed by atoms with Crippen LogP contribution in [0.3, 0.4) is 0 Å². The lowest BCUT2D eigenvalue weighted by molar-refractivity contribution is -0.683. The number of carbonyl (C=O) groups is 1. The van der Waals surface area contributed by atoms with Crippen LogP contribution < -0.4 is 31.6 Å². The molecular formula is C36H53BrN2O2S. The van der Waals surface area contributed by atoms with Crippen LogP contribution in [-0.2, 0) is 12.0 Å². The first-order valence-corrected chi connectivity index (χ1v) is 16.8. The highest BCUT2D eigenvalue weighted by atomic mass is 79.9. The fourth-order valence-corrected chi connectivity index (χ4v) is 5.80. The van der Waals surface area contributed by atoms with Crippen LogP contribution in [0.25, 0.3) is 0 Å². The topological polar surface area (TPSA) is 42.2 Å². The molecule has 232 valence electrons. The molecule has 6 heteroatoms. The number of amides is 1. The summed E-state index contributed by atoms with van der Waals surface area (Å²) in [4.78, 5) is 14.4. The number of hydrogen-bond acceptors (Lipinski definition) is 3. The second-order valence-corrected chi connectivity index (χ2v) is 13.6. The molecule has 4 nitrogen and oxygen atoms in total. The summed E-state index contributed by atoms with van der Waals surface area (Å²) in [5.74, 6) is 0.711. The van der Waals surface area contributed by atoms with Gasteiger partial charge in [0.15, 0.2) is 12.7 Å². The molecule has 0 atom stereocenters. The number of rotatable bonds is 18. The number of hydrogen-bond donors (Lipinski definition) is 1. The van der Waals surface area contributed by atoms with Gasteiger partial charge in [0, 0.05) is 16.8 Å². The molecule has 3 rings (SSSR count). The van der Waals surface area contributed by atoms with Crippen molar-refractivity contribution in [1.29, 1.82) is 0 Å². The monoisotopic (exact) mass is 656 g/mol. The van der Waals surface area contributed by atoms with Crippen molar-refractivity contribution < 1.29 is 31.1 Å². The molecule has 0 saturated carbocycles. The summed E-state index contributed by atoms with van der Waals surface area (Å²) >= 11 is 1.75. The van der Waals surface area contributed by atoms with Crippen LogP contribution in [0.2, 0.25) is 0 Å². The molecule has 0 aliphatic rings. The van der Waals surface area contributed by atoms with Crippen molar-refractivity contribution in [2.75, 3.05) is 11.9 Å². The molecule has 0 fully saturated rings. The van der Waals surface area contributed by atoms with E-state index in [1.54, 1.807) is 11.3 Å². The van der Waals surface area contributed by atoms with Crippen LogP contribution in [0.5, 0.6) is 5.75 Å². The van der Waals surface area contributed by atoms with Crippen molar-refractivity contribution in [3.8, 4) is 5.75 Å². The van der Waals surface area contributed by atoms with Crippen LogP contribution in [0.4, 0.5) is 5.69 Å². The van der Waals surface area contributed by atoms with E-state index in [9.17, 15) is 4.79 Å². The Kier molecular flexibility index (Phi) is 16.4. The molecule has 0 aliphatic carbocycles. The number of benzene rings is 2. The van der Waals surface area contributed by atoms with E-state index in [-0.39, 0.29) is 28.3 Å². The van der Waals surface area contributed by atoms with Crippen LogP contribution >= 0.6 is 11.3 Å². The van der Waals surface area contributed by atoms with Crippen LogP contribution in [-0.4, -0.2) is 12.5 Å². The Morgan fingerprint density at radius 1 is 0.857 bits per heavy atom. The van der Waals surface area contributed by atoms with E-state index >= 15 is 0 Å². The van der Waals surface area contributed by atoms with Crippen molar-refractivity contribution in [3.05, 3.63) is 75.7 Å². The second-order valence-electron chi connectivity index (χ2n) is 12.5. The predicted molar refractivity (Wildman–Crippen MR) is 174 cm³/mol.